The van der Waals surface area contributed by atoms with Crippen LogP contribution in [0.25, 0.3) is 0 Å². The number of hydrogen-bond acceptors (Lipinski definition) is 7. The Morgan fingerprint density at radius 1 is 1.06 bits per heavy atom. The third kappa shape index (κ3) is 6.00. The van der Waals surface area contributed by atoms with Crippen molar-refractivity contribution in [3.63, 3.8) is 0 Å². The first kappa shape index (κ1) is 21.7. The third-order valence-corrected chi connectivity index (χ3v) is 6.08. The van der Waals surface area contributed by atoms with Gasteiger partial charge in [-0.15, -0.1) is 0 Å². The molecule has 1 amide bonds. The maximum Gasteiger partial charge on any atom is 0.257 e. The van der Waals surface area contributed by atoms with Crippen LogP contribution in [0.15, 0.2) is 36.7 Å². The maximum absolute atomic E-state index is 12.6. The first-order valence-electron chi connectivity index (χ1n) is 11.2. The zero-order valence-electron chi connectivity index (χ0n) is 17.9. The van der Waals surface area contributed by atoms with E-state index in [1.54, 1.807) is 17.3 Å². The Labute approximate surface area is 183 Å². The van der Waals surface area contributed by atoms with Gasteiger partial charge in [0.2, 0.25) is 5.95 Å². The van der Waals surface area contributed by atoms with E-state index in [-0.39, 0.29) is 18.1 Å². The van der Waals surface area contributed by atoms with E-state index in [9.17, 15) is 9.90 Å². The SMILES string of the molecule is NC1CCCN(C(=O)c2cnc(NCc3ccc(CN4CCC(O)CC4)cc3)nc2)C1. The molecule has 1 atom stereocenters. The minimum absolute atomic E-state index is 0.0544. The lowest BCUT2D eigenvalue weighted by molar-refractivity contribution is 0.0708. The molecule has 0 aliphatic carbocycles. The van der Waals surface area contributed by atoms with E-state index < -0.39 is 0 Å². The monoisotopic (exact) mass is 424 g/mol. The zero-order chi connectivity index (χ0) is 21.6. The Balaban J connectivity index is 1.26. The highest BCUT2D eigenvalue weighted by atomic mass is 16.3. The summed E-state index contributed by atoms with van der Waals surface area (Å²) in [6, 6.07) is 8.57. The van der Waals surface area contributed by atoms with Crippen molar-refractivity contribution in [2.45, 2.75) is 50.9 Å². The van der Waals surface area contributed by atoms with Gasteiger partial charge < -0.3 is 21.1 Å². The van der Waals surface area contributed by atoms with E-state index in [4.69, 9.17) is 5.73 Å². The van der Waals surface area contributed by atoms with Crippen LogP contribution in [0, 0.1) is 0 Å². The van der Waals surface area contributed by atoms with Gasteiger partial charge in [0.25, 0.3) is 5.91 Å². The van der Waals surface area contributed by atoms with E-state index >= 15 is 0 Å². The van der Waals surface area contributed by atoms with Crippen LogP contribution in [0.4, 0.5) is 5.95 Å². The number of carbonyl (C=O) groups is 1. The predicted octanol–water partition coefficient (Wildman–Crippen LogP) is 1.61. The van der Waals surface area contributed by atoms with Gasteiger partial charge in [-0.3, -0.25) is 9.69 Å². The maximum atomic E-state index is 12.6. The van der Waals surface area contributed by atoms with Crippen molar-refractivity contribution >= 4 is 11.9 Å². The van der Waals surface area contributed by atoms with Gasteiger partial charge in [0, 0.05) is 57.7 Å². The molecule has 31 heavy (non-hydrogen) atoms. The average Bonchev–Trinajstić information content (AvgIpc) is 2.80. The normalized spacial score (nSPS) is 20.6. The lowest BCUT2D eigenvalue weighted by atomic mass is 10.1. The Morgan fingerprint density at radius 2 is 1.74 bits per heavy atom. The number of aliphatic hydroxyl groups is 1. The molecule has 2 aliphatic heterocycles. The number of hydrogen-bond donors (Lipinski definition) is 3. The molecule has 0 radical (unpaired) electrons. The number of amides is 1. The molecule has 0 bridgehead atoms. The van der Waals surface area contributed by atoms with Crippen molar-refractivity contribution in [1.29, 1.82) is 0 Å². The highest BCUT2D eigenvalue weighted by Gasteiger charge is 2.22. The van der Waals surface area contributed by atoms with Gasteiger partial charge in [-0.25, -0.2) is 9.97 Å². The second kappa shape index (κ2) is 10.2. The Bertz CT molecular complexity index is 849. The topological polar surface area (TPSA) is 108 Å². The molecular weight excluding hydrogens is 392 g/mol. The minimum atomic E-state index is -0.137. The molecule has 8 heteroatoms. The van der Waals surface area contributed by atoms with Crippen LogP contribution in [-0.2, 0) is 13.1 Å². The second-order valence-corrected chi connectivity index (χ2v) is 8.63. The van der Waals surface area contributed by atoms with Crippen molar-refractivity contribution in [3.05, 3.63) is 53.3 Å². The average molecular weight is 425 g/mol. The number of piperidine rings is 2. The van der Waals surface area contributed by atoms with Crippen LogP contribution >= 0.6 is 0 Å². The molecule has 2 fully saturated rings. The molecule has 4 rings (SSSR count). The van der Waals surface area contributed by atoms with Gasteiger partial charge in [-0.2, -0.15) is 0 Å². The summed E-state index contributed by atoms with van der Waals surface area (Å²) in [5, 5.41) is 12.8. The summed E-state index contributed by atoms with van der Waals surface area (Å²) < 4.78 is 0. The van der Waals surface area contributed by atoms with Crippen LogP contribution < -0.4 is 11.1 Å². The van der Waals surface area contributed by atoms with Gasteiger partial charge in [-0.05, 0) is 36.8 Å². The molecule has 1 aromatic heterocycles. The number of aliphatic hydroxyl groups excluding tert-OH is 1. The number of carbonyl (C=O) groups excluding carboxylic acids is 1. The summed E-state index contributed by atoms with van der Waals surface area (Å²) in [5.74, 6) is 0.448. The van der Waals surface area contributed by atoms with E-state index in [1.807, 2.05) is 0 Å². The molecule has 0 saturated carbocycles. The fraction of sp³-hybridized carbons (Fsp3) is 0.522. The lowest BCUT2D eigenvalue weighted by Gasteiger charge is -2.30. The van der Waals surface area contributed by atoms with Crippen molar-refractivity contribution in [3.8, 4) is 0 Å². The molecule has 2 aromatic rings. The molecule has 1 aromatic carbocycles. The molecule has 2 saturated heterocycles. The molecule has 0 spiro atoms. The molecule has 3 heterocycles. The first-order chi connectivity index (χ1) is 15.1. The highest BCUT2D eigenvalue weighted by molar-refractivity contribution is 5.93. The number of benzene rings is 1. The Hall–Kier alpha value is -2.55. The summed E-state index contributed by atoms with van der Waals surface area (Å²) in [7, 11) is 0. The molecule has 4 N–H and O–H groups in total. The number of likely N-dealkylation sites (tertiary alicyclic amines) is 2. The largest absolute Gasteiger partial charge is 0.393 e. The zero-order valence-corrected chi connectivity index (χ0v) is 17.9. The van der Waals surface area contributed by atoms with Crippen molar-refractivity contribution in [2.24, 2.45) is 5.73 Å². The van der Waals surface area contributed by atoms with E-state index in [0.717, 1.165) is 57.4 Å². The summed E-state index contributed by atoms with van der Waals surface area (Å²) in [6.45, 7) is 4.76. The lowest BCUT2D eigenvalue weighted by Crippen LogP contribution is -2.45. The van der Waals surface area contributed by atoms with Crippen LogP contribution in [0.2, 0.25) is 0 Å². The third-order valence-electron chi connectivity index (χ3n) is 6.08. The van der Waals surface area contributed by atoms with E-state index in [0.29, 0.717) is 24.6 Å². The van der Waals surface area contributed by atoms with Gasteiger partial charge in [0.1, 0.15) is 0 Å². The summed E-state index contributed by atoms with van der Waals surface area (Å²) in [6.07, 6.45) is 6.64. The minimum Gasteiger partial charge on any atom is -0.393 e. The van der Waals surface area contributed by atoms with Gasteiger partial charge in [-0.1, -0.05) is 24.3 Å². The first-order valence-corrected chi connectivity index (χ1v) is 11.2. The van der Waals surface area contributed by atoms with Crippen LogP contribution in [-0.4, -0.2) is 69.1 Å². The Kier molecular flexibility index (Phi) is 7.11. The van der Waals surface area contributed by atoms with Gasteiger partial charge in [0.05, 0.1) is 11.7 Å². The molecule has 1 unspecified atom stereocenters. The van der Waals surface area contributed by atoms with Gasteiger partial charge in [0.15, 0.2) is 0 Å². The smallest absolute Gasteiger partial charge is 0.257 e. The summed E-state index contributed by atoms with van der Waals surface area (Å²) in [5.41, 5.74) is 8.89. The van der Waals surface area contributed by atoms with E-state index in [2.05, 4.69) is 44.5 Å². The van der Waals surface area contributed by atoms with Crippen LogP contribution in [0.3, 0.4) is 0 Å². The fourth-order valence-corrected chi connectivity index (χ4v) is 4.19. The van der Waals surface area contributed by atoms with Gasteiger partial charge >= 0.3 is 0 Å². The quantitative estimate of drug-likeness (QED) is 0.647. The Morgan fingerprint density at radius 3 is 2.42 bits per heavy atom. The molecular formula is C23H32N6O2. The van der Waals surface area contributed by atoms with Crippen LogP contribution in [0.5, 0.6) is 0 Å². The van der Waals surface area contributed by atoms with E-state index in [1.165, 1.54) is 5.56 Å². The van der Waals surface area contributed by atoms with Crippen molar-refractivity contribution < 1.29 is 9.90 Å². The van der Waals surface area contributed by atoms with Crippen LogP contribution in [0.1, 0.15) is 47.2 Å². The number of nitrogens with zero attached hydrogens (tertiary/aromatic N) is 4. The standard InChI is InChI=1S/C23H32N6O2/c24-20-2-1-9-29(16-20)22(31)19-13-26-23(27-14-19)25-12-17-3-5-18(6-4-17)15-28-10-7-21(30)8-11-28/h3-6,13-14,20-21,30H,1-2,7-12,15-16,24H2,(H,25,26,27). The number of anilines is 1. The predicted molar refractivity (Wildman–Crippen MR) is 119 cm³/mol. The number of nitrogens with two attached hydrogens (primary N) is 1. The fourth-order valence-electron chi connectivity index (χ4n) is 4.19. The number of aromatic nitrogens is 2. The second-order valence-electron chi connectivity index (χ2n) is 8.63. The molecule has 166 valence electrons. The van der Waals surface area contributed by atoms with Crippen molar-refractivity contribution in [1.82, 2.24) is 19.8 Å². The number of rotatable bonds is 6. The summed E-state index contributed by atoms with van der Waals surface area (Å²) >= 11 is 0. The number of nitrogens with one attached hydrogen (secondary N) is 1. The molecule has 8 nitrogen and oxygen atoms in total. The molecule has 2 aliphatic rings. The van der Waals surface area contributed by atoms with Crippen molar-refractivity contribution in [2.75, 3.05) is 31.5 Å². The highest BCUT2D eigenvalue weighted by Crippen LogP contribution is 2.15. The summed E-state index contributed by atoms with van der Waals surface area (Å²) in [4.78, 5) is 25.4.